The Morgan fingerprint density at radius 1 is 1.77 bits per heavy atom. The van der Waals surface area contributed by atoms with Crippen LogP contribution >= 0.6 is 0 Å². The van der Waals surface area contributed by atoms with Crippen LogP contribution in [0.15, 0.2) is 0 Å². The highest BCUT2D eigenvalue weighted by Gasteiger charge is 2.28. The van der Waals surface area contributed by atoms with E-state index < -0.39 is 0 Å². The summed E-state index contributed by atoms with van der Waals surface area (Å²) in [5, 5.41) is 0. The monoisotopic (exact) mass is 186 g/mol. The number of rotatable bonds is 3. The molecule has 0 saturated carbocycles. The number of ether oxygens (including phenoxy) is 1. The third kappa shape index (κ3) is 2.42. The van der Waals surface area contributed by atoms with E-state index in [0.717, 1.165) is 13.0 Å². The molecule has 2 N–H and O–H groups in total. The predicted molar refractivity (Wildman–Crippen MR) is 50.3 cm³/mol. The van der Waals surface area contributed by atoms with Crippen molar-refractivity contribution in [3.8, 4) is 0 Å². The SMILES string of the molecule is CCC(C(N)=O)N1CCOCC1C. The van der Waals surface area contributed by atoms with E-state index in [1.54, 1.807) is 0 Å². The van der Waals surface area contributed by atoms with Crippen LogP contribution in [-0.2, 0) is 9.53 Å². The molecule has 1 saturated heterocycles. The minimum Gasteiger partial charge on any atom is -0.379 e. The van der Waals surface area contributed by atoms with Crippen LogP contribution in [0.2, 0.25) is 0 Å². The van der Waals surface area contributed by atoms with Crippen molar-refractivity contribution in [2.45, 2.75) is 32.4 Å². The summed E-state index contributed by atoms with van der Waals surface area (Å²) in [6.45, 7) is 6.25. The molecule has 0 aromatic rings. The summed E-state index contributed by atoms with van der Waals surface area (Å²) in [5.74, 6) is -0.226. The van der Waals surface area contributed by atoms with Gasteiger partial charge < -0.3 is 10.5 Å². The highest BCUT2D eigenvalue weighted by Crippen LogP contribution is 2.12. The summed E-state index contributed by atoms with van der Waals surface area (Å²) in [4.78, 5) is 13.2. The average Bonchev–Trinajstić information content (AvgIpc) is 2.09. The van der Waals surface area contributed by atoms with E-state index in [0.29, 0.717) is 19.3 Å². The lowest BCUT2D eigenvalue weighted by molar-refractivity contribution is -0.127. The fourth-order valence-electron chi connectivity index (χ4n) is 1.80. The van der Waals surface area contributed by atoms with Crippen molar-refractivity contribution in [2.24, 2.45) is 5.73 Å². The summed E-state index contributed by atoms with van der Waals surface area (Å²) in [6, 6.07) is 0.171. The van der Waals surface area contributed by atoms with Crippen LogP contribution in [0.5, 0.6) is 0 Å². The molecule has 4 nitrogen and oxygen atoms in total. The van der Waals surface area contributed by atoms with Gasteiger partial charge in [-0.2, -0.15) is 0 Å². The molecule has 2 unspecified atom stereocenters. The van der Waals surface area contributed by atoms with Crippen LogP contribution in [0.25, 0.3) is 0 Å². The van der Waals surface area contributed by atoms with Gasteiger partial charge in [0.1, 0.15) is 0 Å². The Hall–Kier alpha value is -0.610. The van der Waals surface area contributed by atoms with Crippen LogP contribution in [-0.4, -0.2) is 42.6 Å². The third-order valence-electron chi connectivity index (χ3n) is 2.53. The first kappa shape index (κ1) is 10.5. The number of nitrogens with two attached hydrogens (primary N) is 1. The minimum absolute atomic E-state index is 0.126. The van der Waals surface area contributed by atoms with Gasteiger partial charge in [-0.1, -0.05) is 6.92 Å². The quantitative estimate of drug-likeness (QED) is 0.673. The molecule has 0 aliphatic carbocycles. The van der Waals surface area contributed by atoms with E-state index in [-0.39, 0.29) is 11.9 Å². The molecule has 1 heterocycles. The fraction of sp³-hybridized carbons (Fsp3) is 0.889. The molecule has 0 bridgehead atoms. The number of morpholine rings is 1. The first-order valence-corrected chi connectivity index (χ1v) is 4.79. The van der Waals surface area contributed by atoms with Crippen molar-refractivity contribution < 1.29 is 9.53 Å². The normalized spacial score (nSPS) is 27.1. The highest BCUT2D eigenvalue weighted by molar-refractivity contribution is 5.79. The Morgan fingerprint density at radius 2 is 2.46 bits per heavy atom. The Labute approximate surface area is 79.0 Å². The fourth-order valence-corrected chi connectivity index (χ4v) is 1.80. The first-order valence-electron chi connectivity index (χ1n) is 4.79. The molecule has 2 atom stereocenters. The van der Waals surface area contributed by atoms with Gasteiger partial charge in [-0.05, 0) is 13.3 Å². The number of hydrogen-bond acceptors (Lipinski definition) is 3. The predicted octanol–water partition coefficient (Wildman–Crippen LogP) is -0.0290. The Bertz CT molecular complexity index is 184. The molecule has 1 fully saturated rings. The van der Waals surface area contributed by atoms with Crippen LogP contribution in [0, 0.1) is 0 Å². The van der Waals surface area contributed by atoms with Gasteiger partial charge in [0.25, 0.3) is 0 Å². The second-order valence-corrected chi connectivity index (χ2v) is 3.49. The first-order chi connectivity index (χ1) is 6.16. The molecule has 1 amide bonds. The van der Waals surface area contributed by atoms with E-state index in [1.807, 2.05) is 6.92 Å². The van der Waals surface area contributed by atoms with E-state index >= 15 is 0 Å². The molecular formula is C9H18N2O2. The molecule has 0 aromatic carbocycles. The number of carbonyl (C=O) groups is 1. The molecule has 0 radical (unpaired) electrons. The maximum absolute atomic E-state index is 11.1. The summed E-state index contributed by atoms with van der Waals surface area (Å²) in [7, 11) is 0. The number of amides is 1. The zero-order chi connectivity index (χ0) is 9.84. The lowest BCUT2D eigenvalue weighted by atomic mass is 10.1. The minimum atomic E-state index is -0.226. The van der Waals surface area contributed by atoms with Crippen molar-refractivity contribution in [3.05, 3.63) is 0 Å². The van der Waals surface area contributed by atoms with Crippen molar-refractivity contribution in [3.63, 3.8) is 0 Å². The van der Waals surface area contributed by atoms with Gasteiger partial charge in [0.15, 0.2) is 0 Å². The number of nitrogens with zero attached hydrogens (tertiary/aromatic N) is 1. The van der Waals surface area contributed by atoms with Crippen molar-refractivity contribution in [1.82, 2.24) is 4.90 Å². The molecule has 0 spiro atoms. The van der Waals surface area contributed by atoms with E-state index in [1.165, 1.54) is 0 Å². The second kappa shape index (κ2) is 4.58. The lowest BCUT2D eigenvalue weighted by Gasteiger charge is -2.37. The largest absolute Gasteiger partial charge is 0.379 e. The lowest BCUT2D eigenvalue weighted by Crippen LogP contribution is -2.53. The van der Waals surface area contributed by atoms with E-state index in [2.05, 4.69) is 11.8 Å². The van der Waals surface area contributed by atoms with Gasteiger partial charge >= 0.3 is 0 Å². The van der Waals surface area contributed by atoms with E-state index in [4.69, 9.17) is 10.5 Å². The molecule has 13 heavy (non-hydrogen) atoms. The molecule has 76 valence electrons. The summed E-state index contributed by atoms with van der Waals surface area (Å²) in [5.41, 5.74) is 5.32. The van der Waals surface area contributed by atoms with Gasteiger partial charge in [-0.15, -0.1) is 0 Å². The van der Waals surface area contributed by atoms with Crippen molar-refractivity contribution in [2.75, 3.05) is 19.8 Å². The molecule has 1 aliphatic rings. The number of primary amides is 1. The zero-order valence-electron chi connectivity index (χ0n) is 8.32. The Balaban J connectivity index is 2.60. The van der Waals surface area contributed by atoms with E-state index in [9.17, 15) is 4.79 Å². The molecular weight excluding hydrogens is 168 g/mol. The molecule has 1 aliphatic heterocycles. The Morgan fingerprint density at radius 3 is 2.92 bits per heavy atom. The van der Waals surface area contributed by atoms with Gasteiger partial charge in [0.2, 0.25) is 5.91 Å². The van der Waals surface area contributed by atoms with Crippen LogP contribution in [0.3, 0.4) is 0 Å². The summed E-state index contributed by atoms with van der Waals surface area (Å²) in [6.07, 6.45) is 0.777. The van der Waals surface area contributed by atoms with Crippen LogP contribution < -0.4 is 5.73 Å². The average molecular weight is 186 g/mol. The molecule has 0 aromatic heterocycles. The van der Waals surface area contributed by atoms with Crippen LogP contribution in [0.4, 0.5) is 0 Å². The topological polar surface area (TPSA) is 55.6 Å². The van der Waals surface area contributed by atoms with Gasteiger partial charge in [-0.3, -0.25) is 9.69 Å². The summed E-state index contributed by atoms with van der Waals surface area (Å²) < 4.78 is 5.29. The maximum atomic E-state index is 11.1. The smallest absolute Gasteiger partial charge is 0.234 e. The van der Waals surface area contributed by atoms with Crippen molar-refractivity contribution in [1.29, 1.82) is 0 Å². The van der Waals surface area contributed by atoms with Gasteiger partial charge in [0.05, 0.1) is 19.3 Å². The zero-order valence-corrected chi connectivity index (χ0v) is 8.32. The maximum Gasteiger partial charge on any atom is 0.234 e. The number of carbonyl (C=O) groups excluding carboxylic acids is 1. The molecule has 4 heteroatoms. The van der Waals surface area contributed by atoms with Gasteiger partial charge in [-0.25, -0.2) is 0 Å². The van der Waals surface area contributed by atoms with Gasteiger partial charge in [0, 0.05) is 12.6 Å². The van der Waals surface area contributed by atoms with Crippen molar-refractivity contribution >= 4 is 5.91 Å². The molecule has 1 rings (SSSR count). The summed E-state index contributed by atoms with van der Waals surface area (Å²) >= 11 is 0. The third-order valence-corrected chi connectivity index (χ3v) is 2.53. The standard InChI is InChI=1S/C9H18N2O2/c1-3-8(9(10)12)11-4-5-13-6-7(11)2/h7-8H,3-6H2,1-2H3,(H2,10,12). The Kier molecular flexibility index (Phi) is 3.69. The highest BCUT2D eigenvalue weighted by atomic mass is 16.5. The number of hydrogen-bond donors (Lipinski definition) is 1. The second-order valence-electron chi connectivity index (χ2n) is 3.49. The van der Waals surface area contributed by atoms with Crippen LogP contribution in [0.1, 0.15) is 20.3 Å².